The summed E-state index contributed by atoms with van der Waals surface area (Å²) in [7, 11) is 0. The zero-order valence-electron chi connectivity index (χ0n) is 22.8. The van der Waals surface area contributed by atoms with Crippen molar-refractivity contribution in [2.45, 2.75) is 133 Å². The SMILES string of the molecule is CC(C)CCC[C@@H](C)[C@H]1CC[C@@]2(C)[C@H]1CC[C@H]1[C@@]3(C)C(C)CCC(C)(C)[C@@H]3CC[C@@]12C. The van der Waals surface area contributed by atoms with Crippen molar-refractivity contribution in [1.29, 1.82) is 0 Å². The van der Waals surface area contributed by atoms with E-state index in [2.05, 4.69) is 62.3 Å². The van der Waals surface area contributed by atoms with Gasteiger partial charge in [-0.2, -0.15) is 0 Å². The van der Waals surface area contributed by atoms with Crippen molar-refractivity contribution in [2.75, 3.05) is 0 Å². The first-order valence-corrected chi connectivity index (χ1v) is 14.4. The molecule has 0 aromatic carbocycles. The fourth-order valence-electron chi connectivity index (χ4n) is 10.8. The molecule has 0 bridgehead atoms. The van der Waals surface area contributed by atoms with Crippen LogP contribution in [0.25, 0.3) is 0 Å². The molecule has 9 atom stereocenters. The molecule has 4 fully saturated rings. The molecule has 1 unspecified atom stereocenters. The van der Waals surface area contributed by atoms with Gasteiger partial charge in [-0.25, -0.2) is 0 Å². The van der Waals surface area contributed by atoms with E-state index in [0.29, 0.717) is 21.7 Å². The summed E-state index contributed by atoms with van der Waals surface area (Å²) in [5.74, 6) is 6.59. The van der Waals surface area contributed by atoms with Crippen molar-refractivity contribution in [3.63, 3.8) is 0 Å². The minimum atomic E-state index is 0.545. The summed E-state index contributed by atoms with van der Waals surface area (Å²) in [6, 6.07) is 0. The van der Waals surface area contributed by atoms with Gasteiger partial charge in [0.1, 0.15) is 0 Å². The van der Waals surface area contributed by atoms with Gasteiger partial charge >= 0.3 is 0 Å². The van der Waals surface area contributed by atoms with E-state index in [1.165, 1.54) is 70.6 Å². The van der Waals surface area contributed by atoms with E-state index in [1.54, 1.807) is 0 Å². The van der Waals surface area contributed by atoms with Gasteiger partial charge in [0, 0.05) is 0 Å². The molecule has 4 saturated carbocycles. The van der Waals surface area contributed by atoms with Gasteiger partial charge in [-0.1, -0.05) is 81.6 Å². The Bertz CT molecular complexity index is 644. The van der Waals surface area contributed by atoms with Gasteiger partial charge < -0.3 is 0 Å². The highest BCUT2D eigenvalue weighted by molar-refractivity contribution is 5.17. The lowest BCUT2D eigenvalue weighted by Crippen LogP contribution is -2.64. The van der Waals surface area contributed by atoms with Crippen LogP contribution in [0.1, 0.15) is 133 Å². The average molecular weight is 429 g/mol. The molecule has 0 aromatic rings. The molecule has 0 nitrogen and oxygen atoms in total. The molecule has 31 heavy (non-hydrogen) atoms. The fourth-order valence-corrected chi connectivity index (χ4v) is 10.8. The fraction of sp³-hybridized carbons (Fsp3) is 1.00. The molecule has 180 valence electrons. The van der Waals surface area contributed by atoms with Crippen LogP contribution >= 0.6 is 0 Å². The summed E-state index contributed by atoms with van der Waals surface area (Å²) in [5, 5.41) is 0. The van der Waals surface area contributed by atoms with Gasteiger partial charge in [-0.05, 0) is 114 Å². The molecule has 0 amide bonds. The summed E-state index contributed by atoms with van der Waals surface area (Å²) in [6.45, 7) is 23.6. The molecule has 0 heterocycles. The maximum atomic E-state index is 2.80. The Kier molecular flexibility index (Phi) is 6.26. The number of fused-ring (bicyclic) bond motifs is 5. The molecule has 0 saturated heterocycles. The summed E-state index contributed by atoms with van der Waals surface area (Å²) in [6.07, 6.45) is 16.4. The average Bonchev–Trinajstić information content (AvgIpc) is 3.03. The molecule has 0 heteroatoms. The first kappa shape index (κ1) is 24.1. The molecule has 0 spiro atoms. The third kappa shape index (κ3) is 3.50. The van der Waals surface area contributed by atoms with Crippen molar-refractivity contribution in [3.05, 3.63) is 0 Å². The van der Waals surface area contributed by atoms with Gasteiger partial charge in [0.2, 0.25) is 0 Å². The van der Waals surface area contributed by atoms with Gasteiger partial charge in [-0.15, -0.1) is 0 Å². The molecule has 4 aliphatic carbocycles. The monoisotopic (exact) mass is 428 g/mol. The normalized spacial score (nSPS) is 49.9. The molecule has 0 N–H and O–H groups in total. The predicted octanol–water partition coefficient (Wildman–Crippen LogP) is 9.77. The standard InChI is InChI=1S/C31H56/c1-21(2)11-10-12-22(3)24-16-19-29(7)25(24)13-14-27-30(29,8)20-17-26-28(5,6)18-15-23(4)31(26,27)9/h21-27H,10-20H2,1-9H3/t22-,23?,24-,25+,26+,27-,29+,30+,31+/m1/s1. The zero-order valence-corrected chi connectivity index (χ0v) is 22.8. The van der Waals surface area contributed by atoms with Crippen LogP contribution in [0.4, 0.5) is 0 Å². The maximum Gasteiger partial charge on any atom is -0.0233 e. The van der Waals surface area contributed by atoms with E-state index in [9.17, 15) is 0 Å². The Labute approximate surface area is 196 Å². The van der Waals surface area contributed by atoms with Crippen molar-refractivity contribution in [3.8, 4) is 0 Å². The molecule has 4 rings (SSSR count). The lowest BCUT2D eigenvalue weighted by atomic mass is 9.34. The van der Waals surface area contributed by atoms with E-state index in [-0.39, 0.29) is 0 Å². The molecule has 0 aromatic heterocycles. The van der Waals surface area contributed by atoms with Gasteiger partial charge in [0.25, 0.3) is 0 Å². The van der Waals surface area contributed by atoms with Crippen LogP contribution in [0.15, 0.2) is 0 Å². The van der Waals surface area contributed by atoms with Crippen molar-refractivity contribution in [2.24, 2.45) is 63.1 Å². The van der Waals surface area contributed by atoms with E-state index in [1.807, 2.05) is 0 Å². The summed E-state index contributed by atoms with van der Waals surface area (Å²) >= 11 is 0. The first-order valence-electron chi connectivity index (χ1n) is 14.4. The van der Waals surface area contributed by atoms with Crippen molar-refractivity contribution in [1.82, 2.24) is 0 Å². The number of rotatable bonds is 5. The quantitative estimate of drug-likeness (QED) is 0.408. The molecular formula is C31H56. The topological polar surface area (TPSA) is 0 Å². The summed E-state index contributed by atoms with van der Waals surface area (Å²) < 4.78 is 0. The van der Waals surface area contributed by atoms with Crippen molar-refractivity contribution >= 4 is 0 Å². The minimum absolute atomic E-state index is 0.545. The maximum absolute atomic E-state index is 2.80. The Morgan fingerprint density at radius 3 is 2.06 bits per heavy atom. The number of hydrogen-bond donors (Lipinski definition) is 0. The van der Waals surface area contributed by atoms with Crippen LogP contribution in [0, 0.1) is 63.1 Å². The summed E-state index contributed by atoms with van der Waals surface area (Å²) in [5.41, 5.74) is 2.25. The van der Waals surface area contributed by atoms with Crippen LogP contribution in [-0.4, -0.2) is 0 Å². The van der Waals surface area contributed by atoms with Crippen molar-refractivity contribution < 1.29 is 0 Å². The highest BCUT2D eigenvalue weighted by atomic mass is 14.7. The molecule has 4 aliphatic rings. The Morgan fingerprint density at radius 1 is 0.710 bits per heavy atom. The van der Waals surface area contributed by atoms with Crippen LogP contribution in [0.2, 0.25) is 0 Å². The predicted molar refractivity (Wildman–Crippen MR) is 136 cm³/mol. The van der Waals surface area contributed by atoms with Crippen LogP contribution in [-0.2, 0) is 0 Å². The Hall–Kier alpha value is 0. The smallest absolute Gasteiger partial charge is 0.0233 e. The van der Waals surface area contributed by atoms with E-state index >= 15 is 0 Å². The third-order valence-electron chi connectivity index (χ3n) is 13.0. The zero-order chi connectivity index (χ0) is 22.8. The minimum Gasteiger partial charge on any atom is -0.0628 e. The van der Waals surface area contributed by atoms with E-state index in [0.717, 1.165) is 41.4 Å². The number of hydrogen-bond acceptors (Lipinski definition) is 0. The Balaban J connectivity index is 1.58. The lowest BCUT2D eigenvalue weighted by molar-refractivity contribution is -0.221. The summed E-state index contributed by atoms with van der Waals surface area (Å²) in [4.78, 5) is 0. The molecule has 0 radical (unpaired) electrons. The Morgan fingerprint density at radius 2 is 1.39 bits per heavy atom. The van der Waals surface area contributed by atoms with Gasteiger partial charge in [-0.3, -0.25) is 0 Å². The van der Waals surface area contributed by atoms with Crippen LogP contribution < -0.4 is 0 Å². The third-order valence-corrected chi connectivity index (χ3v) is 13.0. The van der Waals surface area contributed by atoms with E-state index < -0.39 is 0 Å². The molecular weight excluding hydrogens is 372 g/mol. The highest BCUT2D eigenvalue weighted by Crippen LogP contribution is 2.76. The first-order chi connectivity index (χ1) is 14.4. The van der Waals surface area contributed by atoms with Gasteiger partial charge in [0.15, 0.2) is 0 Å². The lowest BCUT2D eigenvalue weighted by Gasteiger charge is -2.71. The second-order valence-electron chi connectivity index (χ2n) is 15.0. The second-order valence-corrected chi connectivity index (χ2v) is 15.0. The van der Waals surface area contributed by atoms with Crippen LogP contribution in [0.3, 0.4) is 0 Å². The molecule has 0 aliphatic heterocycles. The second kappa shape index (κ2) is 8.05. The largest absolute Gasteiger partial charge is 0.0628 e. The van der Waals surface area contributed by atoms with E-state index in [4.69, 9.17) is 0 Å². The van der Waals surface area contributed by atoms with Crippen LogP contribution in [0.5, 0.6) is 0 Å². The highest BCUT2D eigenvalue weighted by Gasteiger charge is 2.68. The van der Waals surface area contributed by atoms with Gasteiger partial charge in [0.05, 0.1) is 0 Å².